The number of amides is 4. The second-order valence-corrected chi connectivity index (χ2v) is 6.01. The Kier molecular flexibility index (Phi) is 10.6. The van der Waals surface area contributed by atoms with Crippen LogP contribution >= 0.6 is 0 Å². The molecule has 0 aliphatic heterocycles. The number of aliphatic hydroxyl groups excluding tert-OH is 1. The number of hydrogen-bond acceptors (Lipinski definition) is 7. The van der Waals surface area contributed by atoms with Gasteiger partial charge in [-0.3, -0.25) is 19.2 Å². The molecule has 0 heterocycles. The Morgan fingerprint density at radius 3 is 2.11 bits per heavy atom. The van der Waals surface area contributed by atoms with Crippen LogP contribution in [0.2, 0.25) is 0 Å². The number of hydrogen-bond donors (Lipinski definition) is 7. The molecule has 4 unspecified atom stereocenters. The highest BCUT2D eigenvalue weighted by molar-refractivity contribution is 5.93. The third-order valence-electron chi connectivity index (χ3n) is 3.79. The van der Waals surface area contributed by atoms with Gasteiger partial charge in [-0.15, -0.1) is 0 Å². The van der Waals surface area contributed by atoms with Crippen LogP contribution in [0.1, 0.15) is 26.7 Å². The Labute approximate surface area is 156 Å². The van der Waals surface area contributed by atoms with Gasteiger partial charge in [-0.25, -0.2) is 4.79 Å². The fourth-order valence-corrected chi connectivity index (χ4v) is 1.98. The number of carbonyl (C=O) groups is 5. The molecule has 12 heteroatoms. The van der Waals surface area contributed by atoms with E-state index >= 15 is 0 Å². The topological polar surface area (TPSA) is 214 Å². The van der Waals surface area contributed by atoms with Crippen molar-refractivity contribution >= 4 is 29.6 Å². The molecule has 0 aromatic heterocycles. The molecular weight excluding hydrogens is 362 g/mol. The van der Waals surface area contributed by atoms with Crippen molar-refractivity contribution < 1.29 is 34.2 Å². The van der Waals surface area contributed by atoms with Crippen LogP contribution in [0, 0.1) is 5.92 Å². The average molecular weight is 389 g/mol. The van der Waals surface area contributed by atoms with Gasteiger partial charge in [-0.2, -0.15) is 0 Å². The molecule has 0 fully saturated rings. The molecule has 154 valence electrons. The van der Waals surface area contributed by atoms with Crippen LogP contribution in [0.4, 0.5) is 0 Å². The summed E-state index contributed by atoms with van der Waals surface area (Å²) in [6.07, 6.45) is 0.0896. The summed E-state index contributed by atoms with van der Waals surface area (Å²) in [5.41, 5.74) is 10.3. The van der Waals surface area contributed by atoms with Gasteiger partial charge in [0.05, 0.1) is 25.6 Å². The summed E-state index contributed by atoms with van der Waals surface area (Å²) in [5.74, 6) is -4.89. The zero-order valence-corrected chi connectivity index (χ0v) is 15.2. The Hall–Kier alpha value is -2.73. The van der Waals surface area contributed by atoms with Crippen molar-refractivity contribution in [1.29, 1.82) is 0 Å². The quantitative estimate of drug-likeness (QED) is 0.176. The van der Waals surface area contributed by atoms with Crippen LogP contribution in [0.15, 0.2) is 0 Å². The van der Waals surface area contributed by atoms with Crippen molar-refractivity contribution in [2.45, 2.75) is 44.8 Å². The second-order valence-electron chi connectivity index (χ2n) is 6.01. The number of rotatable bonds is 12. The van der Waals surface area contributed by atoms with Crippen molar-refractivity contribution in [1.82, 2.24) is 16.0 Å². The van der Waals surface area contributed by atoms with Gasteiger partial charge in [0.25, 0.3) is 0 Å². The van der Waals surface area contributed by atoms with E-state index in [4.69, 9.17) is 16.6 Å². The third kappa shape index (κ3) is 8.96. The van der Waals surface area contributed by atoms with Crippen molar-refractivity contribution in [3.63, 3.8) is 0 Å². The first kappa shape index (κ1) is 24.3. The summed E-state index contributed by atoms with van der Waals surface area (Å²) < 4.78 is 0. The molecular formula is C15H27N5O7. The van der Waals surface area contributed by atoms with Gasteiger partial charge >= 0.3 is 5.97 Å². The number of nitrogens with two attached hydrogens (primary N) is 2. The highest BCUT2D eigenvalue weighted by atomic mass is 16.4. The van der Waals surface area contributed by atoms with Gasteiger partial charge in [0.1, 0.15) is 12.1 Å². The standard InChI is InChI=1S/C15H27N5O7/c1-3-7(2)12(15(26)27)20-14(25)9(6-21)19-11(23)5-18-13(24)8(16)4-10(17)22/h7-9,12,21H,3-6,16H2,1-2H3,(H2,17,22)(H,18,24)(H,19,23)(H,20,25)(H,26,27). The van der Waals surface area contributed by atoms with Crippen molar-refractivity contribution in [2.75, 3.05) is 13.2 Å². The van der Waals surface area contributed by atoms with Crippen molar-refractivity contribution in [2.24, 2.45) is 17.4 Å². The fourth-order valence-electron chi connectivity index (χ4n) is 1.98. The Balaban J connectivity index is 4.66. The summed E-state index contributed by atoms with van der Waals surface area (Å²) in [6, 6.07) is -3.81. The van der Waals surface area contributed by atoms with Crippen LogP contribution in [0.25, 0.3) is 0 Å². The zero-order valence-electron chi connectivity index (χ0n) is 15.2. The number of primary amides is 1. The number of nitrogens with one attached hydrogen (secondary N) is 3. The lowest BCUT2D eigenvalue weighted by molar-refractivity contribution is -0.144. The van der Waals surface area contributed by atoms with E-state index in [1.807, 2.05) is 0 Å². The summed E-state index contributed by atoms with van der Waals surface area (Å²) >= 11 is 0. The molecule has 0 aliphatic carbocycles. The van der Waals surface area contributed by atoms with Gasteiger partial charge < -0.3 is 37.6 Å². The minimum Gasteiger partial charge on any atom is -0.480 e. The van der Waals surface area contributed by atoms with E-state index in [2.05, 4.69) is 16.0 Å². The molecule has 27 heavy (non-hydrogen) atoms. The number of aliphatic hydroxyl groups is 1. The SMILES string of the molecule is CCC(C)C(NC(=O)C(CO)NC(=O)CNC(=O)C(N)CC(N)=O)C(=O)O. The number of carboxylic acid groups (broad SMARTS) is 1. The minimum atomic E-state index is -1.40. The van der Waals surface area contributed by atoms with E-state index in [1.54, 1.807) is 13.8 Å². The molecule has 12 nitrogen and oxygen atoms in total. The minimum absolute atomic E-state index is 0.368. The lowest BCUT2D eigenvalue weighted by atomic mass is 9.99. The van der Waals surface area contributed by atoms with Gasteiger partial charge in [0.15, 0.2) is 0 Å². The predicted octanol–water partition coefficient (Wildman–Crippen LogP) is -3.60. The van der Waals surface area contributed by atoms with Crippen LogP contribution in [-0.4, -0.2) is 71.1 Å². The summed E-state index contributed by atoms with van der Waals surface area (Å²) in [4.78, 5) is 57.4. The molecule has 0 rings (SSSR count). The monoisotopic (exact) mass is 389 g/mol. The average Bonchev–Trinajstić information content (AvgIpc) is 2.60. The third-order valence-corrected chi connectivity index (χ3v) is 3.79. The van der Waals surface area contributed by atoms with E-state index in [0.717, 1.165) is 0 Å². The van der Waals surface area contributed by atoms with Crippen molar-refractivity contribution in [3.8, 4) is 0 Å². The predicted molar refractivity (Wildman–Crippen MR) is 92.8 cm³/mol. The molecule has 0 aliphatic rings. The Morgan fingerprint density at radius 2 is 1.67 bits per heavy atom. The molecule has 0 spiro atoms. The van der Waals surface area contributed by atoms with E-state index in [0.29, 0.717) is 6.42 Å². The van der Waals surface area contributed by atoms with E-state index in [1.165, 1.54) is 0 Å². The molecule has 0 saturated heterocycles. The summed E-state index contributed by atoms with van der Waals surface area (Å²) in [6.45, 7) is 2.04. The maximum absolute atomic E-state index is 12.1. The zero-order chi connectivity index (χ0) is 21.1. The van der Waals surface area contributed by atoms with E-state index in [9.17, 15) is 29.1 Å². The van der Waals surface area contributed by atoms with Crippen LogP contribution in [0.5, 0.6) is 0 Å². The highest BCUT2D eigenvalue weighted by Gasteiger charge is 2.29. The molecule has 0 radical (unpaired) electrons. The fraction of sp³-hybridized carbons (Fsp3) is 0.667. The maximum atomic E-state index is 12.1. The highest BCUT2D eigenvalue weighted by Crippen LogP contribution is 2.08. The lowest BCUT2D eigenvalue weighted by Crippen LogP contribution is -2.56. The van der Waals surface area contributed by atoms with Gasteiger partial charge in [0, 0.05) is 0 Å². The smallest absolute Gasteiger partial charge is 0.326 e. The lowest BCUT2D eigenvalue weighted by Gasteiger charge is -2.23. The second kappa shape index (κ2) is 11.8. The number of aliphatic carboxylic acids is 1. The molecule has 0 saturated carbocycles. The molecule has 0 aromatic carbocycles. The van der Waals surface area contributed by atoms with Crippen LogP contribution in [0.3, 0.4) is 0 Å². The normalized spacial score (nSPS) is 15.0. The first-order chi connectivity index (χ1) is 12.5. The Morgan fingerprint density at radius 1 is 1.07 bits per heavy atom. The number of carbonyl (C=O) groups excluding carboxylic acids is 4. The first-order valence-electron chi connectivity index (χ1n) is 8.28. The molecule has 4 atom stereocenters. The van der Waals surface area contributed by atoms with Crippen LogP contribution in [-0.2, 0) is 24.0 Å². The largest absolute Gasteiger partial charge is 0.480 e. The molecule has 4 amide bonds. The molecule has 0 aromatic rings. The van der Waals surface area contributed by atoms with Gasteiger partial charge in [-0.1, -0.05) is 20.3 Å². The van der Waals surface area contributed by atoms with Gasteiger partial charge in [0.2, 0.25) is 23.6 Å². The maximum Gasteiger partial charge on any atom is 0.326 e. The van der Waals surface area contributed by atoms with Crippen LogP contribution < -0.4 is 27.4 Å². The van der Waals surface area contributed by atoms with Gasteiger partial charge in [-0.05, 0) is 5.92 Å². The molecule has 0 bridgehead atoms. The van der Waals surface area contributed by atoms with Crippen molar-refractivity contribution in [3.05, 3.63) is 0 Å². The number of carboxylic acids is 1. The summed E-state index contributed by atoms with van der Waals surface area (Å²) in [7, 11) is 0. The first-order valence-corrected chi connectivity index (χ1v) is 8.28. The molecule has 9 N–H and O–H groups in total. The summed E-state index contributed by atoms with van der Waals surface area (Å²) in [5, 5.41) is 25.0. The van der Waals surface area contributed by atoms with E-state index < -0.39 is 67.3 Å². The Bertz CT molecular complexity index is 569. The van der Waals surface area contributed by atoms with E-state index in [-0.39, 0.29) is 5.92 Å².